The highest BCUT2D eigenvalue weighted by molar-refractivity contribution is 6.31. The molecule has 2 atom stereocenters. The van der Waals surface area contributed by atoms with Crippen LogP contribution >= 0.6 is 11.6 Å². The van der Waals surface area contributed by atoms with Gasteiger partial charge < -0.3 is 0 Å². The van der Waals surface area contributed by atoms with Crippen molar-refractivity contribution in [2.75, 3.05) is 6.54 Å². The number of benzene rings is 2. The molecule has 1 heterocycles. The van der Waals surface area contributed by atoms with Crippen LogP contribution in [0.2, 0.25) is 5.02 Å². The topological polar surface area (TPSA) is 3.24 Å². The number of likely N-dealkylation sites (tertiary alicyclic amines) is 1. The lowest BCUT2D eigenvalue weighted by Gasteiger charge is -2.35. The van der Waals surface area contributed by atoms with E-state index in [4.69, 9.17) is 11.6 Å². The summed E-state index contributed by atoms with van der Waals surface area (Å²) in [6.45, 7) is 3.62. The third-order valence-corrected chi connectivity index (χ3v) is 6.02. The first-order valence-electron chi connectivity index (χ1n) is 8.95. The first kappa shape index (κ1) is 16.1. The predicted octanol–water partition coefficient (Wildman–Crippen LogP) is 5.49. The SMILES string of the molecule is CC1CCCN1C1CCc2cc(-c3ccc(F)c(Cl)c3)ccc2C1. The van der Waals surface area contributed by atoms with Gasteiger partial charge in [0, 0.05) is 12.1 Å². The van der Waals surface area contributed by atoms with E-state index in [0.29, 0.717) is 6.04 Å². The molecule has 1 aliphatic heterocycles. The Labute approximate surface area is 148 Å². The Morgan fingerprint density at radius 1 is 1.04 bits per heavy atom. The van der Waals surface area contributed by atoms with Crippen molar-refractivity contribution in [2.45, 2.75) is 51.1 Å². The molecule has 2 aromatic rings. The fourth-order valence-electron chi connectivity index (χ4n) is 4.37. The molecule has 4 rings (SSSR count). The van der Waals surface area contributed by atoms with E-state index >= 15 is 0 Å². The Bertz CT molecular complexity index is 757. The molecule has 0 saturated carbocycles. The molecule has 2 aromatic carbocycles. The Balaban J connectivity index is 1.57. The van der Waals surface area contributed by atoms with E-state index in [1.807, 2.05) is 0 Å². The van der Waals surface area contributed by atoms with Crippen molar-refractivity contribution in [3.63, 3.8) is 0 Å². The highest BCUT2D eigenvalue weighted by atomic mass is 35.5. The van der Waals surface area contributed by atoms with Gasteiger partial charge in [-0.1, -0.05) is 35.9 Å². The first-order chi connectivity index (χ1) is 11.6. The summed E-state index contributed by atoms with van der Waals surface area (Å²) in [6, 6.07) is 13.1. The average Bonchev–Trinajstić information content (AvgIpc) is 3.02. The fraction of sp³-hybridized carbons (Fsp3) is 0.429. The minimum absolute atomic E-state index is 0.188. The molecule has 2 unspecified atom stereocenters. The van der Waals surface area contributed by atoms with Gasteiger partial charge in [0.1, 0.15) is 5.82 Å². The van der Waals surface area contributed by atoms with Crippen LogP contribution in [0, 0.1) is 5.82 Å². The zero-order valence-electron chi connectivity index (χ0n) is 14.1. The van der Waals surface area contributed by atoms with Crippen molar-refractivity contribution in [1.29, 1.82) is 0 Å². The van der Waals surface area contributed by atoms with E-state index < -0.39 is 0 Å². The number of nitrogens with zero attached hydrogens (tertiary/aromatic N) is 1. The van der Waals surface area contributed by atoms with Crippen molar-refractivity contribution < 1.29 is 4.39 Å². The Kier molecular flexibility index (Phi) is 4.36. The average molecular weight is 344 g/mol. The summed E-state index contributed by atoms with van der Waals surface area (Å²) in [5.74, 6) is -0.360. The lowest BCUT2D eigenvalue weighted by atomic mass is 9.85. The molecule has 1 nitrogen and oxygen atoms in total. The van der Waals surface area contributed by atoms with Gasteiger partial charge in [0.15, 0.2) is 0 Å². The number of rotatable bonds is 2. The van der Waals surface area contributed by atoms with Crippen LogP contribution in [0.25, 0.3) is 11.1 Å². The smallest absolute Gasteiger partial charge is 0.141 e. The molecule has 1 saturated heterocycles. The van der Waals surface area contributed by atoms with Crippen molar-refractivity contribution in [1.82, 2.24) is 4.90 Å². The second kappa shape index (κ2) is 6.50. The maximum absolute atomic E-state index is 13.4. The molecule has 0 N–H and O–H groups in total. The zero-order chi connectivity index (χ0) is 16.7. The second-order valence-electron chi connectivity index (χ2n) is 7.24. The number of fused-ring (bicyclic) bond motifs is 1. The number of hydrogen-bond acceptors (Lipinski definition) is 1. The lowest BCUT2D eigenvalue weighted by Crippen LogP contribution is -2.41. The lowest BCUT2D eigenvalue weighted by molar-refractivity contribution is 0.174. The Morgan fingerprint density at radius 3 is 2.58 bits per heavy atom. The third-order valence-electron chi connectivity index (χ3n) is 5.74. The zero-order valence-corrected chi connectivity index (χ0v) is 14.8. The van der Waals surface area contributed by atoms with Crippen LogP contribution in [0.3, 0.4) is 0 Å². The van der Waals surface area contributed by atoms with Crippen LogP contribution in [0.5, 0.6) is 0 Å². The molecular weight excluding hydrogens is 321 g/mol. The highest BCUT2D eigenvalue weighted by Crippen LogP contribution is 2.33. The van der Waals surface area contributed by atoms with E-state index in [1.165, 1.54) is 43.0 Å². The van der Waals surface area contributed by atoms with Gasteiger partial charge in [-0.3, -0.25) is 4.90 Å². The molecule has 2 aliphatic rings. The summed E-state index contributed by atoms with van der Waals surface area (Å²) < 4.78 is 13.4. The van der Waals surface area contributed by atoms with E-state index in [9.17, 15) is 4.39 Å². The fourth-order valence-corrected chi connectivity index (χ4v) is 4.55. The van der Waals surface area contributed by atoms with Crippen molar-refractivity contribution >= 4 is 11.6 Å². The molecule has 1 fully saturated rings. The van der Waals surface area contributed by atoms with Gasteiger partial charge >= 0.3 is 0 Å². The van der Waals surface area contributed by atoms with Crippen molar-refractivity contribution in [2.24, 2.45) is 0 Å². The molecule has 24 heavy (non-hydrogen) atoms. The molecule has 0 amide bonds. The largest absolute Gasteiger partial charge is 0.297 e. The van der Waals surface area contributed by atoms with Gasteiger partial charge in [-0.05, 0) is 80.0 Å². The predicted molar refractivity (Wildman–Crippen MR) is 98.1 cm³/mol. The minimum Gasteiger partial charge on any atom is -0.297 e. The van der Waals surface area contributed by atoms with Gasteiger partial charge in [0.25, 0.3) is 0 Å². The molecule has 3 heteroatoms. The number of halogens is 2. The maximum Gasteiger partial charge on any atom is 0.141 e. The van der Waals surface area contributed by atoms with E-state index in [0.717, 1.165) is 30.0 Å². The Hall–Kier alpha value is -1.38. The van der Waals surface area contributed by atoms with Gasteiger partial charge in [-0.2, -0.15) is 0 Å². The van der Waals surface area contributed by atoms with Crippen LogP contribution in [0.15, 0.2) is 36.4 Å². The van der Waals surface area contributed by atoms with Crippen molar-refractivity contribution in [3.05, 3.63) is 58.4 Å². The summed E-state index contributed by atoms with van der Waals surface area (Å²) in [7, 11) is 0. The second-order valence-corrected chi connectivity index (χ2v) is 7.65. The molecule has 0 radical (unpaired) electrons. The molecule has 0 bridgehead atoms. The standard InChI is InChI=1S/C21H23ClFN/c1-14-3-2-10-24(14)19-8-6-16-11-15(4-5-17(16)12-19)18-7-9-21(23)20(22)13-18/h4-5,7,9,11,13-14,19H,2-3,6,8,10,12H2,1H3. The van der Waals surface area contributed by atoms with Crippen LogP contribution in [0.1, 0.15) is 37.3 Å². The molecular formula is C21H23ClFN. The molecule has 1 aliphatic carbocycles. The van der Waals surface area contributed by atoms with Crippen molar-refractivity contribution in [3.8, 4) is 11.1 Å². The van der Waals surface area contributed by atoms with Gasteiger partial charge in [-0.25, -0.2) is 4.39 Å². The summed E-state index contributed by atoms with van der Waals surface area (Å²) in [5, 5.41) is 0.188. The highest BCUT2D eigenvalue weighted by Gasteiger charge is 2.30. The van der Waals surface area contributed by atoms with Crippen LogP contribution in [0.4, 0.5) is 4.39 Å². The summed E-state index contributed by atoms with van der Waals surface area (Å²) in [5.41, 5.74) is 5.03. The Morgan fingerprint density at radius 2 is 1.83 bits per heavy atom. The van der Waals surface area contributed by atoms with Crippen LogP contribution in [-0.4, -0.2) is 23.5 Å². The monoisotopic (exact) mass is 343 g/mol. The van der Waals surface area contributed by atoms with Gasteiger partial charge in [-0.15, -0.1) is 0 Å². The first-order valence-corrected chi connectivity index (χ1v) is 9.32. The minimum atomic E-state index is -0.360. The normalized spacial score (nSPS) is 24.1. The van der Waals surface area contributed by atoms with Gasteiger partial charge in [0.2, 0.25) is 0 Å². The van der Waals surface area contributed by atoms with Gasteiger partial charge in [0.05, 0.1) is 5.02 Å². The molecule has 126 valence electrons. The van der Waals surface area contributed by atoms with E-state index in [1.54, 1.807) is 12.1 Å². The molecule has 0 aromatic heterocycles. The number of aryl methyl sites for hydroxylation is 1. The summed E-state index contributed by atoms with van der Waals surface area (Å²) in [6.07, 6.45) is 6.21. The summed E-state index contributed by atoms with van der Waals surface area (Å²) >= 11 is 5.93. The molecule has 0 spiro atoms. The quantitative estimate of drug-likeness (QED) is 0.697. The van der Waals surface area contributed by atoms with E-state index in [2.05, 4.69) is 30.0 Å². The maximum atomic E-state index is 13.4. The number of hydrogen-bond donors (Lipinski definition) is 0. The van der Waals surface area contributed by atoms with E-state index in [-0.39, 0.29) is 10.8 Å². The van der Waals surface area contributed by atoms with Crippen LogP contribution < -0.4 is 0 Å². The third kappa shape index (κ3) is 2.98. The van der Waals surface area contributed by atoms with Crippen LogP contribution in [-0.2, 0) is 12.8 Å². The summed E-state index contributed by atoms with van der Waals surface area (Å²) in [4.78, 5) is 2.70.